The Hall–Kier alpha value is -6.76. The van der Waals surface area contributed by atoms with Gasteiger partial charge in [-0.1, -0.05) is 172 Å². The van der Waals surface area contributed by atoms with Gasteiger partial charge in [0.05, 0.1) is 0 Å². The van der Waals surface area contributed by atoms with Crippen LogP contribution in [0.5, 0.6) is 0 Å². The summed E-state index contributed by atoms with van der Waals surface area (Å²) in [6.07, 6.45) is 0. The first-order valence-electron chi connectivity index (χ1n) is 19.5. The predicted molar refractivity (Wildman–Crippen MR) is 237 cm³/mol. The first-order chi connectivity index (χ1) is 27.0. The van der Waals surface area contributed by atoms with Gasteiger partial charge in [0.2, 0.25) is 0 Å². The third-order valence-corrected chi connectivity index (χ3v) is 13.3. The number of fused-ring (bicyclic) bond motifs is 7. The Balaban J connectivity index is 0.971. The van der Waals surface area contributed by atoms with Crippen LogP contribution < -0.4 is 0 Å². The van der Waals surface area contributed by atoms with Crippen LogP contribution in [0, 0.1) is 0 Å². The van der Waals surface area contributed by atoms with Gasteiger partial charge in [0.1, 0.15) is 0 Å². The summed E-state index contributed by atoms with van der Waals surface area (Å²) in [6, 6.07) is 64.6. The van der Waals surface area contributed by atoms with E-state index in [0.717, 1.165) is 0 Å². The zero-order chi connectivity index (χ0) is 36.2. The van der Waals surface area contributed by atoms with Crippen molar-refractivity contribution in [2.24, 2.45) is 0 Å². The van der Waals surface area contributed by atoms with E-state index in [2.05, 4.69) is 184 Å². The Morgan fingerprint density at radius 2 is 0.582 bits per heavy atom. The zero-order valence-electron chi connectivity index (χ0n) is 30.7. The minimum Gasteiger partial charge on any atom is -0.0610 e. The van der Waals surface area contributed by atoms with E-state index in [4.69, 9.17) is 0 Å². The van der Waals surface area contributed by atoms with Crippen LogP contribution >= 0.6 is 0 Å². The zero-order valence-corrected chi connectivity index (χ0v) is 30.7. The van der Waals surface area contributed by atoms with E-state index in [-0.39, 0.29) is 5.41 Å². The van der Waals surface area contributed by atoms with E-state index >= 15 is 0 Å². The van der Waals surface area contributed by atoms with Crippen molar-refractivity contribution in [2.45, 2.75) is 19.3 Å². The summed E-state index contributed by atoms with van der Waals surface area (Å²) in [6.45, 7) is 4.82. The standard InChI is InChI=1S/C55H34/c1-55(2)49-29-33(35-25-27-47-43-15-5-11-31-9-3-13-41(51(31)43)45-19-7-17-39(35)53(45)47)21-23-37(49)38-24-22-34(30-50(38)55)36-26-28-48-44-16-6-12-32-10-4-14-42(52(32)44)46-20-8-18-40(36)54(46)48/h3-30H,1-2H3. The molecule has 12 aromatic carbocycles. The van der Waals surface area contributed by atoms with Crippen LogP contribution in [0.4, 0.5) is 0 Å². The van der Waals surface area contributed by atoms with E-state index in [1.807, 2.05) is 0 Å². The SMILES string of the molecule is CC1(C)c2cc(-c3ccc4c5cccc6cccc(c7cccc3c74)c65)ccc2-c2ccc(-c3ccc4c5cccc6cccc(c7cccc3c74)c65)cc21. The van der Waals surface area contributed by atoms with Crippen molar-refractivity contribution < 1.29 is 0 Å². The maximum absolute atomic E-state index is 2.48. The molecule has 1 aliphatic rings. The highest BCUT2D eigenvalue weighted by atomic mass is 14.4. The molecule has 0 amide bonds. The van der Waals surface area contributed by atoms with Crippen molar-refractivity contribution in [3.05, 3.63) is 181 Å². The molecule has 0 unspecified atom stereocenters. The van der Waals surface area contributed by atoms with Gasteiger partial charge in [0.25, 0.3) is 0 Å². The molecule has 0 fully saturated rings. The van der Waals surface area contributed by atoms with Crippen LogP contribution in [0.1, 0.15) is 25.0 Å². The highest BCUT2D eigenvalue weighted by Crippen LogP contribution is 2.52. The lowest BCUT2D eigenvalue weighted by Crippen LogP contribution is -2.15. The van der Waals surface area contributed by atoms with Crippen LogP contribution in [-0.2, 0) is 5.41 Å². The molecule has 0 atom stereocenters. The first-order valence-corrected chi connectivity index (χ1v) is 19.5. The topological polar surface area (TPSA) is 0 Å². The van der Waals surface area contributed by atoms with Crippen LogP contribution in [0.15, 0.2) is 170 Å². The lowest BCUT2D eigenvalue weighted by atomic mass is 9.80. The largest absolute Gasteiger partial charge is 0.0610 e. The molecule has 0 aliphatic heterocycles. The second-order valence-electron chi connectivity index (χ2n) is 16.3. The monoisotopic (exact) mass is 694 g/mol. The van der Waals surface area contributed by atoms with Crippen molar-refractivity contribution in [1.29, 1.82) is 0 Å². The number of rotatable bonds is 2. The molecule has 0 saturated heterocycles. The van der Waals surface area contributed by atoms with Gasteiger partial charge in [0, 0.05) is 5.41 Å². The van der Waals surface area contributed by atoms with E-state index in [1.165, 1.54) is 131 Å². The average molecular weight is 695 g/mol. The van der Waals surface area contributed by atoms with Gasteiger partial charge in [-0.3, -0.25) is 0 Å². The Morgan fingerprint density at radius 3 is 0.982 bits per heavy atom. The molecular formula is C55H34. The van der Waals surface area contributed by atoms with Crippen molar-refractivity contribution >= 4 is 86.2 Å². The molecule has 12 aromatic rings. The molecule has 0 heterocycles. The fourth-order valence-electron chi connectivity index (χ4n) is 10.9. The number of hydrogen-bond acceptors (Lipinski definition) is 0. The summed E-state index contributed by atoms with van der Waals surface area (Å²) in [5.41, 5.74) is 10.5. The van der Waals surface area contributed by atoms with E-state index in [9.17, 15) is 0 Å². The summed E-state index contributed by atoms with van der Waals surface area (Å²) in [7, 11) is 0. The molecule has 0 bridgehead atoms. The van der Waals surface area contributed by atoms with Gasteiger partial charge in [0.15, 0.2) is 0 Å². The molecule has 0 radical (unpaired) electrons. The highest BCUT2D eigenvalue weighted by Gasteiger charge is 2.36. The number of benzene rings is 12. The summed E-state index contributed by atoms with van der Waals surface area (Å²) in [5.74, 6) is 0. The fourth-order valence-corrected chi connectivity index (χ4v) is 10.9. The Bertz CT molecular complexity index is 3280. The van der Waals surface area contributed by atoms with Crippen molar-refractivity contribution in [2.75, 3.05) is 0 Å². The third kappa shape index (κ3) is 3.72. The first kappa shape index (κ1) is 29.7. The van der Waals surface area contributed by atoms with E-state index < -0.39 is 0 Å². The lowest BCUT2D eigenvalue weighted by molar-refractivity contribution is 0.661. The van der Waals surface area contributed by atoms with Gasteiger partial charge in [-0.2, -0.15) is 0 Å². The Kier molecular flexibility index (Phi) is 5.53. The average Bonchev–Trinajstić information content (AvgIpc) is 3.46. The van der Waals surface area contributed by atoms with Crippen LogP contribution in [0.2, 0.25) is 0 Å². The Labute approximate surface area is 318 Å². The summed E-state index contributed by atoms with van der Waals surface area (Å²) in [5, 5.41) is 21.4. The van der Waals surface area contributed by atoms with Crippen LogP contribution in [-0.4, -0.2) is 0 Å². The highest BCUT2D eigenvalue weighted by molar-refractivity contribution is 6.35. The molecule has 0 saturated carbocycles. The second-order valence-corrected chi connectivity index (χ2v) is 16.3. The molecule has 0 spiro atoms. The van der Waals surface area contributed by atoms with E-state index in [1.54, 1.807) is 0 Å². The summed E-state index contributed by atoms with van der Waals surface area (Å²) >= 11 is 0. The minimum absolute atomic E-state index is 0.154. The number of hydrogen-bond donors (Lipinski definition) is 0. The molecule has 13 rings (SSSR count). The van der Waals surface area contributed by atoms with Crippen LogP contribution in [0.3, 0.4) is 0 Å². The molecular weight excluding hydrogens is 661 g/mol. The maximum Gasteiger partial charge on any atom is 0.0159 e. The smallest absolute Gasteiger partial charge is 0.0159 e. The molecule has 0 heteroatoms. The van der Waals surface area contributed by atoms with Crippen molar-refractivity contribution in [1.82, 2.24) is 0 Å². The van der Waals surface area contributed by atoms with E-state index in [0.29, 0.717) is 0 Å². The van der Waals surface area contributed by atoms with Gasteiger partial charge in [-0.15, -0.1) is 0 Å². The molecule has 55 heavy (non-hydrogen) atoms. The molecule has 0 aromatic heterocycles. The predicted octanol–water partition coefficient (Wildman–Crippen LogP) is 15.4. The molecule has 0 nitrogen and oxygen atoms in total. The van der Waals surface area contributed by atoms with Crippen LogP contribution in [0.25, 0.3) is 120 Å². The lowest BCUT2D eigenvalue weighted by Gasteiger charge is -2.23. The molecule has 1 aliphatic carbocycles. The molecule has 0 N–H and O–H groups in total. The maximum atomic E-state index is 2.48. The minimum atomic E-state index is -0.154. The normalized spacial score (nSPS) is 13.8. The Morgan fingerprint density at radius 1 is 0.273 bits per heavy atom. The summed E-state index contributed by atoms with van der Waals surface area (Å²) in [4.78, 5) is 0. The second kappa shape index (κ2) is 10.3. The van der Waals surface area contributed by atoms with Crippen molar-refractivity contribution in [3.63, 3.8) is 0 Å². The van der Waals surface area contributed by atoms with Gasteiger partial charge < -0.3 is 0 Å². The summed E-state index contributed by atoms with van der Waals surface area (Å²) < 4.78 is 0. The fraction of sp³-hybridized carbons (Fsp3) is 0.0545. The van der Waals surface area contributed by atoms with Crippen molar-refractivity contribution in [3.8, 4) is 33.4 Å². The quantitative estimate of drug-likeness (QED) is 0.125. The van der Waals surface area contributed by atoms with Gasteiger partial charge in [-0.05, 0) is 143 Å². The molecule has 254 valence electrons. The van der Waals surface area contributed by atoms with Gasteiger partial charge >= 0.3 is 0 Å². The van der Waals surface area contributed by atoms with Gasteiger partial charge in [-0.25, -0.2) is 0 Å². The third-order valence-electron chi connectivity index (χ3n) is 13.3.